The lowest BCUT2D eigenvalue weighted by Crippen LogP contribution is -1.81. The normalized spacial score (nSPS) is 9.75. The van der Waals surface area contributed by atoms with Gasteiger partial charge in [-0.3, -0.25) is 4.79 Å². The molecule has 0 heterocycles. The Bertz CT molecular complexity index is 263. The highest BCUT2D eigenvalue weighted by molar-refractivity contribution is 7.94. The zero-order valence-electron chi connectivity index (χ0n) is 5.97. The molecule has 0 aliphatic heterocycles. The number of rotatable bonds is 4. The second-order valence-corrected chi connectivity index (χ2v) is 2.69. The Morgan fingerprint density at radius 3 is 3.00 bits per heavy atom. The quantitative estimate of drug-likeness (QED) is 0.337. The highest BCUT2D eigenvalue weighted by Crippen LogP contribution is 2.19. The lowest BCUT2D eigenvalue weighted by molar-refractivity contribution is -0.432. The number of carbonyl (C=O) groups excluding carboxylic acids is 1. The van der Waals surface area contributed by atoms with E-state index in [4.69, 9.17) is 5.26 Å². The number of hydrogen-bond acceptors (Lipinski definition) is 5. The summed E-state index contributed by atoms with van der Waals surface area (Å²) in [6.07, 6.45) is 0.726. The largest absolute Gasteiger partial charge is 0.298 e. The molecular weight excluding hydrogens is 180 g/mol. The van der Waals surface area contributed by atoms with Crippen molar-refractivity contribution in [2.75, 3.05) is 0 Å². The topological polar surface area (TPSA) is 55.8 Å². The SMILES string of the molecule is O=Cc1cccc(SOOO)c1. The Balaban J connectivity index is 2.66. The first kappa shape index (κ1) is 9.21. The van der Waals surface area contributed by atoms with Crippen LogP contribution < -0.4 is 0 Å². The summed E-state index contributed by atoms with van der Waals surface area (Å²) >= 11 is 0.819. The van der Waals surface area contributed by atoms with Crippen molar-refractivity contribution in [2.45, 2.75) is 4.90 Å². The molecule has 5 heteroatoms. The molecule has 1 N–H and O–H groups in total. The molecule has 0 radical (unpaired) electrons. The molecule has 0 fully saturated rings. The Hall–Kier alpha value is -0.880. The van der Waals surface area contributed by atoms with Crippen LogP contribution in [-0.2, 0) is 9.37 Å². The third-order valence-electron chi connectivity index (χ3n) is 1.15. The van der Waals surface area contributed by atoms with Gasteiger partial charge in [0.15, 0.2) is 0 Å². The van der Waals surface area contributed by atoms with Crippen LogP contribution in [0.4, 0.5) is 0 Å². The van der Waals surface area contributed by atoms with Gasteiger partial charge in [0, 0.05) is 10.5 Å². The number of hydrogen-bond donors (Lipinski definition) is 1. The van der Waals surface area contributed by atoms with E-state index >= 15 is 0 Å². The average Bonchev–Trinajstić information content (AvgIpc) is 2.15. The highest BCUT2D eigenvalue weighted by atomic mass is 32.2. The van der Waals surface area contributed by atoms with Crippen LogP contribution >= 0.6 is 12.0 Å². The molecule has 0 aliphatic carbocycles. The molecule has 0 aromatic heterocycles. The summed E-state index contributed by atoms with van der Waals surface area (Å²) in [5, 5.41) is 11.2. The van der Waals surface area contributed by atoms with E-state index in [0.29, 0.717) is 10.5 Å². The van der Waals surface area contributed by atoms with Gasteiger partial charge in [0.2, 0.25) is 0 Å². The fourth-order valence-corrected chi connectivity index (χ4v) is 1.12. The van der Waals surface area contributed by atoms with Crippen LogP contribution in [0.25, 0.3) is 0 Å². The molecule has 0 atom stereocenters. The van der Waals surface area contributed by atoms with E-state index in [1.165, 1.54) is 0 Å². The summed E-state index contributed by atoms with van der Waals surface area (Å²) in [7, 11) is 0. The third-order valence-corrected chi connectivity index (χ3v) is 1.73. The fraction of sp³-hybridized carbons (Fsp3) is 0. The standard InChI is InChI=1S/C7H6O4S/c8-5-6-2-1-3-7(4-6)12-11-10-9/h1-5,9H. The second kappa shape index (κ2) is 4.89. The van der Waals surface area contributed by atoms with Gasteiger partial charge in [-0.05, 0) is 12.1 Å². The maximum absolute atomic E-state index is 10.3. The molecule has 1 rings (SSSR count). The zero-order chi connectivity index (χ0) is 8.81. The van der Waals surface area contributed by atoms with Crippen molar-refractivity contribution < 1.29 is 19.4 Å². The molecule has 1 aromatic rings. The van der Waals surface area contributed by atoms with E-state index < -0.39 is 0 Å². The van der Waals surface area contributed by atoms with Gasteiger partial charge in [0.1, 0.15) is 6.29 Å². The fourth-order valence-electron chi connectivity index (χ4n) is 0.694. The van der Waals surface area contributed by atoms with Crippen molar-refractivity contribution >= 4 is 18.3 Å². The van der Waals surface area contributed by atoms with Gasteiger partial charge in [0.05, 0.1) is 12.0 Å². The van der Waals surface area contributed by atoms with Crippen molar-refractivity contribution in [3.05, 3.63) is 29.8 Å². The van der Waals surface area contributed by atoms with Gasteiger partial charge in [-0.2, -0.15) is 0 Å². The minimum atomic E-state index is 0.543. The molecule has 0 bridgehead atoms. The first-order valence-electron chi connectivity index (χ1n) is 3.07. The first-order valence-corrected chi connectivity index (χ1v) is 3.81. The van der Waals surface area contributed by atoms with Crippen LogP contribution in [0.1, 0.15) is 10.4 Å². The van der Waals surface area contributed by atoms with Crippen LogP contribution in [0.5, 0.6) is 0 Å². The molecule has 64 valence electrons. The molecule has 12 heavy (non-hydrogen) atoms. The van der Waals surface area contributed by atoms with E-state index in [-0.39, 0.29) is 0 Å². The van der Waals surface area contributed by atoms with Gasteiger partial charge in [0.25, 0.3) is 0 Å². The number of carbonyl (C=O) groups is 1. The van der Waals surface area contributed by atoms with E-state index in [0.717, 1.165) is 18.3 Å². The molecule has 4 nitrogen and oxygen atoms in total. The zero-order valence-corrected chi connectivity index (χ0v) is 6.78. The van der Waals surface area contributed by atoms with Crippen LogP contribution in [0.15, 0.2) is 29.2 Å². The minimum Gasteiger partial charge on any atom is -0.298 e. The summed E-state index contributed by atoms with van der Waals surface area (Å²) in [6, 6.07) is 6.69. The van der Waals surface area contributed by atoms with Crippen molar-refractivity contribution in [3.63, 3.8) is 0 Å². The minimum absolute atomic E-state index is 0.543. The van der Waals surface area contributed by atoms with Crippen molar-refractivity contribution in [1.82, 2.24) is 0 Å². The Labute approximate surface area is 73.2 Å². The maximum atomic E-state index is 10.3. The summed E-state index contributed by atoms with van der Waals surface area (Å²) < 4.78 is 4.18. The smallest absolute Gasteiger partial charge is 0.150 e. The molecule has 0 unspecified atom stereocenters. The summed E-state index contributed by atoms with van der Waals surface area (Å²) in [4.78, 5) is 11.0. The molecule has 0 saturated heterocycles. The summed E-state index contributed by atoms with van der Waals surface area (Å²) in [5.74, 6) is 0. The highest BCUT2D eigenvalue weighted by Gasteiger charge is 1.96. The molecule has 0 aliphatic rings. The predicted molar refractivity (Wildman–Crippen MR) is 42.5 cm³/mol. The average molecular weight is 186 g/mol. The molecule has 0 spiro atoms. The van der Waals surface area contributed by atoms with E-state index in [1.54, 1.807) is 24.3 Å². The monoisotopic (exact) mass is 186 g/mol. The maximum Gasteiger partial charge on any atom is 0.150 e. The van der Waals surface area contributed by atoms with Crippen LogP contribution in [0.3, 0.4) is 0 Å². The van der Waals surface area contributed by atoms with E-state index in [9.17, 15) is 4.79 Å². The van der Waals surface area contributed by atoms with Crippen molar-refractivity contribution in [3.8, 4) is 0 Å². The van der Waals surface area contributed by atoms with Gasteiger partial charge in [-0.15, -0.1) is 4.33 Å². The van der Waals surface area contributed by atoms with Gasteiger partial charge < -0.3 is 0 Å². The van der Waals surface area contributed by atoms with Gasteiger partial charge in [-0.25, -0.2) is 5.26 Å². The van der Waals surface area contributed by atoms with Crippen LogP contribution in [0, 0.1) is 0 Å². The van der Waals surface area contributed by atoms with E-state index in [2.05, 4.69) is 9.37 Å². The molecular formula is C7H6O4S. The lowest BCUT2D eigenvalue weighted by Gasteiger charge is -1.96. The predicted octanol–water partition coefficient (Wildman–Crippen LogP) is 1.93. The van der Waals surface area contributed by atoms with Gasteiger partial charge >= 0.3 is 0 Å². The first-order chi connectivity index (χ1) is 5.86. The van der Waals surface area contributed by atoms with Crippen LogP contribution in [0.2, 0.25) is 0 Å². The Kier molecular flexibility index (Phi) is 3.75. The van der Waals surface area contributed by atoms with E-state index in [1.807, 2.05) is 0 Å². The van der Waals surface area contributed by atoms with Crippen molar-refractivity contribution in [1.29, 1.82) is 0 Å². The van der Waals surface area contributed by atoms with Crippen LogP contribution in [-0.4, -0.2) is 11.5 Å². The third kappa shape index (κ3) is 2.63. The second-order valence-electron chi connectivity index (χ2n) is 1.92. The molecule has 0 saturated carbocycles. The summed E-state index contributed by atoms with van der Waals surface area (Å²) in [6.45, 7) is 0. The lowest BCUT2D eigenvalue weighted by atomic mass is 10.2. The summed E-state index contributed by atoms with van der Waals surface area (Å²) in [5.41, 5.74) is 0.543. The molecule has 1 aromatic carbocycles. The number of benzene rings is 1. The Morgan fingerprint density at radius 1 is 1.50 bits per heavy atom. The number of aldehydes is 1. The Morgan fingerprint density at radius 2 is 2.33 bits per heavy atom. The van der Waals surface area contributed by atoms with Gasteiger partial charge in [-0.1, -0.05) is 17.2 Å². The molecule has 0 amide bonds. The van der Waals surface area contributed by atoms with Crippen molar-refractivity contribution in [2.24, 2.45) is 0 Å².